The molecular formula is C29H39NO4Si. The number of hydrogen-bond donors (Lipinski definition) is 1. The van der Waals surface area contributed by atoms with Crippen LogP contribution in [0, 0.1) is 0 Å². The number of fused-ring (bicyclic) bond motifs is 1. The van der Waals surface area contributed by atoms with Crippen molar-refractivity contribution in [2.45, 2.75) is 76.6 Å². The van der Waals surface area contributed by atoms with Gasteiger partial charge in [0.15, 0.2) is 0 Å². The van der Waals surface area contributed by atoms with Crippen LogP contribution in [0.3, 0.4) is 0 Å². The van der Waals surface area contributed by atoms with Crippen LogP contribution in [0.15, 0.2) is 64.0 Å². The van der Waals surface area contributed by atoms with Crippen molar-refractivity contribution in [3.05, 3.63) is 70.6 Å². The van der Waals surface area contributed by atoms with E-state index >= 15 is 0 Å². The molecule has 0 aliphatic carbocycles. The first-order chi connectivity index (χ1) is 16.6. The molecule has 0 atom stereocenters. The number of aliphatic hydroxyl groups is 1. The molecule has 2 aromatic carbocycles. The average molecular weight is 494 g/mol. The van der Waals surface area contributed by atoms with Gasteiger partial charge in [-0.15, -0.1) is 0 Å². The Morgan fingerprint density at radius 1 is 0.943 bits per heavy atom. The van der Waals surface area contributed by atoms with Crippen molar-refractivity contribution >= 4 is 25.0 Å². The summed E-state index contributed by atoms with van der Waals surface area (Å²) in [6.45, 7) is 14.7. The van der Waals surface area contributed by atoms with Gasteiger partial charge in [0.25, 0.3) is 8.32 Å². The Kier molecular flexibility index (Phi) is 7.16. The van der Waals surface area contributed by atoms with Crippen molar-refractivity contribution in [1.29, 1.82) is 0 Å². The Labute approximate surface area is 209 Å². The zero-order valence-electron chi connectivity index (χ0n) is 21.9. The minimum absolute atomic E-state index is 0.0389. The van der Waals surface area contributed by atoms with Crippen molar-refractivity contribution in [2.24, 2.45) is 0 Å². The first-order valence-corrected chi connectivity index (χ1v) is 15.0. The summed E-state index contributed by atoms with van der Waals surface area (Å²) in [4.78, 5) is 15.4. The molecule has 5 nitrogen and oxygen atoms in total. The van der Waals surface area contributed by atoms with Gasteiger partial charge in [-0.1, -0.05) is 71.9 Å². The zero-order chi connectivity index (χ0) is 25.4. The molecule has 188 valence electrons. The predicted molar refractivity (Wildman–Crippen MR) is 146 cm³/mol. The molecule has 1 aliphatic rings. The molecule has 0 spiro atoms. The first kappa shape index (κ1) is 25.5. The van der Waals surface area contributed by atoms with E-state index in [1.165, 1.54) is 0 Å². The monoisotopic (exact) mass is 493 g/mol. The third-order valence-electron chi connectivity index (χ3n) is 7.97. The van der Waals surface area contributed by atoms with Gasteiger partial charge in [-0.2, -0.15) is 0 Å². The molecule has 35 heavy (non-hydrogen) atoms. The lowest BCUT2D eigenvalue weighted by molar-refractivity contribution is 0.0117. The fourth-order valence-electron chi connectivity index (χ4n) is 6.09. The van der Waals surface area contributed by atoms with E-state index in [9.17, 15) is 9.90 Å². The second-order valence-corrected chi connectivity index (χ2v) is 16.3. The molecule has 6 heteroatoms. The summed E-state index contributed by atoms with van der Waals surface area (Å²) in [5.74, 6) is 0.780. The third-order valence-corrected chi connectivity index (χ3v) is 14.0. The Morgan fingerprint density at radius 2 is 1.54 bits per heavy atom. The predicted octanol–water partition coefficient (Wildman–Crippen LogP) is 6.84. The highest BCUT2D eigenvalue weighted by molar-refractivity contribution is 6.78. The molecule has 0 saturated carbocycles. The van der Waals surface area contributed by atoms with Crippen molar-refractivity contribution < 1.29 is 13.9 Å². The third kappa shape index (κ3) is 4.66. The maximum Gasteiger partial charge on any atom is 0.258 e. The van der Waals surface area contributed by atoms with E-state index in [0.717, 1.165) is 11.3 Å². The Morgan fingerprint density at radius 3 is 2.11 bits per heavy atom. The second kappa shape index (κ2) is 9.82. The number of rotatable bonds is 7. The first-order valence-electron chi connectivity index (χ1n) is 12.9. The highest BCUT2D eigenvalue weighted by atomic mass is 28.4. The molecule has 0 bridgehead atoms. The summed E-state index contributed by atoms with van der Waals surface area (Å²) >= 11 is 0. The molecule has 0 unspecified atom stereocenters. The molecule has 1 fully saturated rings. The topological polar surface area (TPSA) is 62.9 Å². The van der Waals surface area contributed by atoms with Gasteiger partial charge in [-0.25, -0.2) is 0 Å². The summed E-state index contributed by atoms with van der Waals surface area (Å²) in [5, 5.41) is 11.7. The SMILES string of the molecule is CC(C)[Si](Oc1ccc2c(=O)c(N3CCC(O)(c4ccccc4)CC3)coc2c1)(C(C)C)C(C)C. The molecule has 0 radical (unpaired) electrons. The largest absolute Gasteiger partial charge is 0.543 e. The van der Waals surface area contributed by atoms with Crippen LogP contribution in [-0.2, 0) is 5.60 Å². The molecule has 2 heterocycles. The van der Waals surface area contributed by atoms with Gasteiger partial charge >= 0.3 is 0 Å². The zero-order valence-corrected chi connectivity index (χ0v) is 22.9. The maximum absolute atomic E-state index is 13.4. The molecule has 0 amide bonds. The highest BCUT2D eigenvalue weighted by Crippen LogP contribution is 2.43. The molecule has 1 N–H and O–H groups in total. The summed E-state index contributed by atoms with van der Waals surface area (Å²) in [7, 11) is -2.10. The van der Waals surface area contributed by atoms with Crippen LogP contribution >= 0.6 is 0 Å². The maximum atomic E-state index is 13.4. The standard InChI is InChI=1S/C29H39NO4Si/c1-20(2)35(21(3)4,22(5)6)34-24-12-13-25-27(18-24)33-19-26(28(25)31)30-16-14-29(32,15-17-30)23-10-8-7-9-11-23/h7-13,18-22,32H,14-17H2,1-6H3. The molecule has 1 saturated heterocycles. The average Bonchev–Trinajstić information content (AvgIpc) is 2.83. The van der Waals surface area contributed by atoms with Crippen molar-refractivity contribution in [2.75, 3.05) is 18.0 Å². The minimum atomic E-state index is -2.10. The normalized spacial score (nSPS) is 16.5. The summed E-state index contributed by atoms with van der Waals surface area (Å²) in [5.41, 5.74) is 2.51. The van der Waals surface area contributed by atoms with Gasteiger partial charge in [-0.3, -0.25) is 4.79 Å². The van der Waals surface area contributed by atoms with Gasteiger partial charge in [0, 0.05) is 19.2 Å². The quantitative estimate of drug-likeness (QED) is 0.365. The number of anilines is 1. The van der Waals surface area contributed by atoms with Crippen molar-refractivity contribution in [3.63, 3.8) is 0 Å². The molecule has 1 aliphatic heterocycles. The van der Waals surface area contributed by atoms with E-state index in [1.807, 2.05) is 53.4 Å². The molecular weight excluding hydrogens is 454 g/mol. The van der Waals surface area contributed by atoms with Gasteiger partial charge in [0.1, 0.15) is 23.3 Å². The molecule has 4 rings (SSSR count). The molecule has 3 aromatic rings. The van der Waals surface area contributed by atoms with Crippen LogP contribution in [0.25, 0.3) is 11.0 Å². The summed E-state index contributed by atoms with van der Waals surface area (Å²) in [6.07, 6.45) is 2.69. The van der Waals surface area contributed by atoms with E-state index in [1.54, 1.807) is 6.26 Å². The minimum Gasteiger partial charge on any atom is -0.543 e. The van der Waals surface area contributed by atoms with Crippen LogP contribution < -0.4 is 14.8 Å². The fourth-order valence-corrected chi connectivity index (χ4v) is 11.3. The van der Waals surface area contributed by atoms with E-state index in [4.69, 9.17) is 8.84 Å². The summed E-state index contributed by atoms with van der Waals surface area (Å²) in [6, 6.07) is 15.4. The van der Waals surface area contributed by atoms with E-state index < -0.39 is 13.9 Å². The van der Waals surface area contributed by atoms with Gasteiger partial charge in [-0.05, 0) is 47.2 Å². The lowest BCUT2D eigenvalue weighted by atomic mass is 9.84. The Hall–Kier alpha value is -2.57. The lowest BCUT2D eigenvalue weighted by Gasteiger charge is -2.42. The second-order valence-electron chi connectivity index (χ2n) is 10.9. The van der Waals surface area contributed by atoms with Crippen LogP contribution in [0.5, 0.6) is 5.75 Å². The number of benzene rings is 2. The van der Waals surface area contributed by atoms with Crippen LogP contribution in [0.4, 0.5) is 5.69 Å². The number of piperidine rings is 1. The number of hydrogen-bond acceptors (Lipinski definition) is 5. The fraction of sp³-hybridized carbons (Fsp3) is 0.483. The van der Waals surface area contributed by atoms with Crippen molar-refractivity contribution in [3.8, 4) is 5.75 Å². The lowest BCUT2D eigenvalue weighted by Crippen LogP contribution is -2.50. The molecule has 1 aromatic heterocycles. The van der Waals surface area contributed by atoms with E-state index in [-0.39, 0.29) is 5.43 Å². The Bertz CT molecular complexity index is 1190. The van der Waals surface area contributed by atoms with E-state index in [2.05, 4.69) is 41.5 Å². The summed E-state index contributed by atoms with van der Waals surface area (Å²) < 4.78 is 12.8. The van der Waals surface area contributed by atoms with Gasteiger partial charge < -0.3 is 18.8 Å². The van der Waals surface area contributed by atoms with Gasteiger partial charge in [0.05, 0.1) is 11.0 Å². The van der Waals surface area contributed by atoms with Crippen LogP contribution in [-0.4, -0.2) is 26.5 Å². The van der Waals surface area contributed by atoms with Crippen molar-refractivity contribution in [1.82, 2.24) is 0 Å². The van der Waals surface area contributed by atoms with Crippen LogP contribution in [0.1, 0.15) is 59.9 Å². The smallest absolute Gasteiger partial charge is 0.258 e. The van der Waals surface area contributed by atoms with Gasteiger partial charge in [0.2, 0.25) is 5.43 Å². The van der Waals surface area contributed by atoms with Crippen LogP contribution in [0.2, 0.25) is 16.6 Å². The Balaban J connectivity index is 1.58. The number of nitrogens with zero attached hydrogens (tertiary/aromatic N) is 1. The van der Waals surface area contributed by atoms with E-state index in [0.29, 0.717) is 59.2 Å². The highest BCUT2D eigenvalue weighted by Gasteiger charge is 2.47.